The highest BCUT2D eigenvalue weighted by Crippen LogP contribution is 2.32. The van der Waals surface area contributed by atoms with Crippen molar-refractivity contribution in [1.29, 1.82) is 0 Å². The summed E-state index contributed by atoms with van der Waals surface area (Å²) in [5, 5.41) is 19.1. The maximum atomic E-state index is 12.9. The topological polar surface area (TPSA) is 94.9 Å². The molecule has 6 nitrogen and oxygen atoms in total. The van der Waals surface area contributed by atoms with Crippen molar-refractivity contribution in [2.45, 2.75) is 32.6 Å². The van der Waals surface area contributed by atoms with Gasteiger partial charge in [-0.15, -0.1) is 0 Å². The van der Waals surface area contributed by atoms with E-state index in [1.807, 2.05) is 6.92 Å². The van der Waals surface area contributed by atoms with Gasteiger partial charge in [-0.1, -0.05) is 12.1 Å². The van der Waals surface area contributed by atoms with Gasteiger partial charge in [0.1, 0.15) is 5.75 Å². The zero-order valence-electron chi connectivity index (χ0n) is 13.9. The maximum absolute atomic E-state index is 12.9. The van der Waals surface area contributed by atoms with Crippen molar-refractivity contribution in [1.82, 2.24) is 0 Å². The first-order chi connectivity index (χ1) is 11.1. The van der Waals surface area contributed by atoms with Crippen LogP contribution in [0.2, 0.25) is 0 Å². The number of carbonyl (C=O) groups is 1. The quantitative estimate of drug-likeness (QED) is 0.884. The number of phenolic OH excluding ortho intramolecular Hbond substituents is 1. The fourth-order valence-corrected chi connectivity index (χ4v) is 4.07. The SMILES string of the molecule is Cc1ccc(O)cc1S(=O)(=O)N(C(=O)O)c1ccc(C)c(C)c1C. The van der Waals surface area contributed by atoms with Gasteiger partial charge < -0.3 is 10.2 Å². The van der Waals surface area contributed by atoms with E-state index in [2.05, 4.69) is 0 Å². The smallest absolute Gasteiger partial charge is 0.426 e. The minimum atomic E-state index is -4.38. The van der Waals surface area contributed by atoms with E-state index in [0.717, 1.165) is 17.2 Å². The molecule has 0 heterocycles. The van der Waals surface area contributed by atoms with Crippen LogP contribution in [-0.4, -0.2) is 24.7 Å². The van der Waals surface area contributed by atoms with Gasteiger partial charge in [0.25, 0.3) is 10.0 Å². The number of carboxylic acid groups (broad SMARTS) is 1. The van der Waals surface area contributed by atoms with Gasteiger partial charge in [0.15, 0.2) is 0 Å². The molecule has 0 aliphatic heterocycles. The second-order valence-corrected chi connectivity index (χ2v) is 7.41. The summed E-state index contributed by atoms with van der Waals surface area (Å²) >= 11 is 0. The number of benzene rings is 2. The van der Waals surface area contributed by atoms with Gasteiger partial charge in [-0.25, -0.2) is 13.2 Å². The third kappa shape index (κ3) is 2.94. The minimum Gasteiger partial charge on any atom is -0.508 e. The minimum absolute atomic E-state index is 0.0772. The van der Waals surface area contributed by atoms with E-state index in [0.29, 0.717) is 15.4 Å². The molecule has 2 aromatic carbocycles. The second-order valence-electron chi connectivity index (χ2n) is 5.65. The molecule has 7 heteroatoms. The van der Waals surface area contributed by atoms with Crippen LogP contribution < -0.4 is 4.31 Å². The van der Waals surface area contributed by atoms with Gasteiger partial charge in [0.2, 0.25) is 0 Å². The Bertz CT molecular complexity index is 919. The second kappa shape index (κ2) is 6.16. The molecule has 0 saturated carbocycles. The number of rotatable bonds is 3. The van der Waals surface area contributed by atoms with Crippen molar-refractivity contribution < 1.29 is 23.4 Å². The van der Waals surface area contributed by atoms with Crippen LogP contribution in [0.1, 0.15) is 22.3 Å². The molecule has 0 bridgehead atoms. The maximum Gasteiger partial charge on any atom is 0.426 e. The standard InChI is InChI=1S/C17H19NO5S/c1-10-6-8-15(13(4)12(10)3)18(17(20)21)24(22,23)16-9-14(19)7-5-11(16)2/h5-9,19H,1-4H3,(H,20,21). The van der Waals surface area contributed by atoms with Crippen LogP contribution in [0.5, 0.6) is 5.75 Å². The molecule has 24 heavy (non-hydrogen) atoms. The molecule has 128 valence electrons. The lowest BCUT2D eigenvalue weighted by molar-refractivity contribution is 0.206. The largest absolute Gasteiger partial charge is 0.508 e. The number of hydrogen-bond donors (Lipinski definition) is 2. The third-order valence-corrected chi connectivity index (χ3v) is 5.94. The van der Waals surface area contributed by atoms with E-state index < -0.39 is 16.1 Å². The molecule has 2 N–H and O–H groups in total. The Kier molecular flexibility index (Phi) is 4.57. The number of aromatic hydroxyl groups is 1. The van der Waals surface area contributed by atoms with E-state index in [9.17, 15) is 23.4 Å². The number of sulfonamides is 1. The van der Waals surface area contributed by atoms with Crippen LogP contribution in [0.4, 0.5) is 10.5 Å². The van der Waals surface area contributed by atoms with Gasteiger partial charge in [0, 0.05) is 6.07 Å². The molecule has 1 amide bonds. The number of nitrogens with zero attached hydrogens (tertiary/aromatic N) is 1. The molecule has 2 rings (SSSR count). The summed E-state index contributed by atoms with van der Waals surface area (Å²) in [5.41, 5.74) is 2.75. The lowest BCUT2D eigenvalue weighted by Crippen LogP contribution is -2.36. The van der Waals surface area contributed by atoms with E-state index in [4.69, 9.17) is 0 Å². The van der Waals surface area contributed by atoms with Crippen molar-refractivity contribution in [2.24, 2.45) is 0 Å². The highest BCUT2D eigenvalue weighted by molar-refractivity contribution is 7.93. The Morgan fingerprint density at radius 1 is 0.958 bits per heavy atom. The highest BCUT2D eigenvalue weighted by Gasteiger charge is 2.33. The zero-order chi connectivity index (χ0) is 18.2. The molecule has 2 aromatic rings. The molecule has 0 radical (unpaired) electrons. The van der Waals surface area contributed by atoms with Crippen LogP contribution in [0, 0.1) is 27.7 Å². The molecule has 0 aromatic heterocycles. The first-order valence-corrected chi connectivity index (χ1v) is 8.66. The van der Waals surface area contributed by atoms with Crippen molar-refractivity contribution in [3.05, 3.63) is 52.6 Å². The van der Waals surface area contributed by atoms with Gasteiger partial charge in [0.05, 0.1) is 10.6 Å². The van der Waals surface area contributed by atoms with Crippen LogP contribution in [0.25, 0.3) is 0 Å². The first-order valence-electron chi connectivity index (χ1n) is 7.22. The van der Waals surface area contributed by atoms with E-state index in [-0.39, 0.29) is 16.3 Å². The fourth-order valence-electron chi connectivity index (χ4n) is 2.46. The summed E-state index contributed by atoms with van der Waals surface area (Å²) in [4.78, 5) is 11.5. The summed E-state index contributed by atoms with van der Waals surface area (Å²) in [5.74, 6) is -0.249. The fraction of sp³-hybridized carbons (Fsp3) is 0.235. The van der Waals surface area contributed by atoms with E-state index in [1.165, 1.54) is 18.2 Å². The number of aryl methyl sites for hydroxylation is 2. The zero-order valence-corrected chi connectivity index (χ0v) is 14.7. The lowest BCUT2D eigenvalue weighted by atomic mass is 10.0. The average Bonchev–Trinajstić information content (AvgIpc) is 2.49. The monoisotopic (exact) mass is 349 g/mol. The Morgan fingerprint density at radius 2 is 1.54 bits per heavy atom. The van der Waals surface area contributed by atoms with Crippen LogP contribution in [0.15, 0.2) is 35.2 Å². The van der Waals surface area contributed by atoms with Crippen molar-refractivity contribution in [3.63, 3.8) is 0 Å². The molecule has 0 fully saturated rings. The Morgan fingerprint density at radius 3 is 2.12 bits per heavy atom. The molecule has 0 aliphatic rings. The molecule has 0 saturated heterocycles. The van der Waals surface area contributed by atoms with Crippen LogP contribution in [-0.2, 0) is 10.0 Å². The van der Waals surface area contributed by atoms with Gasteiger partial charge in [-0.05, 0) is 62.1 Å². The molecular formula is C17H19NO5S. The average molecular weight is 349 g/mol. The normalized spacial score (nSPS) is 11.3. The third-order valence-electron chi connectivity index (χ3n) is 4.11. The van der Waals surface area contributed by atoms with Crippen molar-refractivity contribution >= 4 is 21.8 Å². The summed E-state index contributed by atoms with van der Waals surface area (Å²) in [6.07, 6.45) is -1.61. The number of anilines is 1. The molecule has 0 spiro atoms. The van der Waals surface area contributed by atoms with Gasteiger partial charge >= 0.3 is 6.09 Å². The number of amides is 1. The molecule has 0 aliphatic carbocycles. The number of phenols is 1. The number of hydrogen-bond acceptors (Lipinski definition) is 4. The predicted octanol–water partition coefficient (Wildman–Crippen LogP) is 3.50. The van der Waals surface area contributed by atoms with E-state index in [1.54, 1.807) is 26.8 Å². The molecular weight excluding hydrogens is 330 g/mol. The Labute approximate surface area is 141 Å². The molecule has 0 atom stereocenters. The van der Waals surface area contributed by atoms with Crippen LogP contribution >= 0.6 is 0 Å². The lowest BCUT2D eigenvalue weighted by Gasteiger charge is -2.23. The summed E-state index contributed by atoms with van der Waals surface area (Å²) in [6.45, 7) is 6.89. The van der Waals surface area contributed by atoms with Gasteiger partial charge in [-0.3, -0.25) is 0 Å². The van der Waals surface area contributed by atoms with Crippen molar-refractivity contribution in [3.8, 4) is 5.75 Å². The van der Waals surface area contributed by atoms with E-state index >= 15 is 0 Å². The highest BCUT2D eigenvalue weighted by atomic mass is 32.2. The Hall–Kier alpha value is -2.54. The van der Waals surface area contributed by atoms with Crippen LogP contribution in [0.3, 0.4) is 0 Å². The Balaban J connectivity index is 2.75. The molecule has 0 unspecified atom stereocenters. The summed E-state index contributed by atoms with van der Waals surface area (Å²) < 4.78 is 26.2. The predicted molar refractivity (Wildman–Crippen MR) is 91.2 cm³/mol. The first kappa shape index (κ1) is 17.8. The van der Waals surface area contributed by atoms with Gasteiger partial charge in [-0.2, -0.15) is 4.31 Å². The summed E-state index contributed by atoms with van der Waals surface area (Å²) in [6, 6.07) is 6.98. The van der Waals surface area contributed by atoms with Crippen molar-refractivity contribution in [2.75, 3.05) is 4.31 Å². The summed E-state index contributed by atoms with van der Waals surface area (Å²) in [7, 11) is -4.38.